The van der Waals surface area contributed by atoms with E-state index in [2.05, 4.69) is 10.1 Å². The van der Waals surface area contributed by atoms with E-state index >= 15 is 0 Å². The van der Waals surface area contributed by atoms with Gasteiger partial charge in [0, 0.05) is 18.7 Å². The number of hydrogen-bond acceptors (Lipinski definition) is 4. The maximum absolute atomic E-state index is 10.7. The van der Waals surface area contributed by atoms with Crippen molar-refractivity contribution in [2.75, 3.05) is 13.6 Å². The highest BCUT2D eigenvalue weighted by molar-refractivity contribution is 5.86. The van der Waals surface area contributed by atoms with Crippen molar-refractivity contribution in [1.82, 2.24) is 10.1 Å². The van der Waals surface area contributed by atoms with E-state index in [4.69, 9.17) is 9.63 Å². The first-order chi connectivity index (χ1) is 6.18. The van der Waals surface area contributed by atoms with Gasteiger partial charge < -0.3 is 14.5 Å². The van der Waals surface area contributed by atoms with E-state index < -0.39 is 5.97 Å². The Balaban J connectivity index is 2.39. The Hall–Kier alpha value is -1.36. The van der Waals surface area contributed by atoms with Crippen molar-refractivity contribution in [2.24, 2.45) is 0 Å². The van der Waals surface area contributed by atoms with E-state index in [0.717, 1.165) is 17.8 Å². The Labute approximate surface area is 74.9 Å². The number of fused-ring (bicyclic) bond motifs is 1. The van der Waals surface area contributed by atoms with E-state index in [1.165, 1.54) is 0 Å². The lowest BCUT2D eigenvalue weighted by Gasteiger charge is -2.20. The van der Waals surface area contributed by atoms with Gasteiger partial charge in [-0.05, 0) is 13.5 Å². The van der Waals surface area contributed by atoms with Crippen LogP contribution in [0.5, 0.6) is 0 Å². The molecule has 1 aliphatic heterocycles. The number of carboxylic acid groups (broad SMARTS) is 1. The molecular weight excluding hydrogens is 172 g/mol. The molecule has 0 saturated heterocycles. The second-order valence-corrected chi connectivity index (χ2v) is 3.23. The second kappa shape index (κ2) is 2.85. The summed E-state index contributed by atoms with van der Waals surface area (Å²) < 4.78 is 4.75. The Morgan fingerprint density at radius 1 is 1.69 bits per heavy atom. The Kier molecular flexibility index (Phi) is 1.81. The van der Waals surface area contributed by atoms with Gasteiger partial charge in [0.05, 0.1) is 0 Å². The van der Waals surface area contributed by atoms with Crippen LogP contribution in [0.4, 0.5) is 0 Å². The van der Waals surface area contributed by atoms with Gasteiger partial charge in [-0.2, -0.15) is 0 Å². The first-order valence-electron chi connectivity index (χ1n) is 4.07. The van der Waals surface area contributed by atoms with Crippen molar-refractivity contribution in [3.05, 3.63) is 17.0 Å². The zero-order valence-corrected chi connectivity index (χ0v) is 7.28. The summed E-state index contributed by atoms with van der Waals surface area (Å²) in [5, 5.41) is 12.5. The van der Waals surface area contributed by atoms with Crippen molar-refractivity contribution >= 4 is 5.97 Å². The van der Waals surface area contributed by atoms with E-state index in [9.17, 15) is 4.79 Å². The van der Waals surface area contributed by atoms with Gasteiger partial charge in [0.15, 0.2) is 0 Å². The Morgan fingerprint density at radius 3 is 3.15 bits per heavy atom. The maximum atomic E-state index is 10.7. The van der Waals surface area contributed by atoms with Crippen molar-refractivity contribution in [3.8, 4) is 0 Å². The number of aromatic nitrogens is 1. The van der Waals surface area contributed by atoms with Crippen LogP contribution in [0.1, 0.15) is 21.8 Å². The van der Waals surface area contributed by atoms with Crippen LogP contribution in [0, 0.1) is 0 Å². The van der Waals surface area contributed by atoms with E-state index in [-0.39, 0.29) is 5.76 Å². The van der Waals surface area contributed by atoms with Gasteiger partial charge in [-0.25, -0.2) is 4.79 Å². The highest BCUT2D eigenvalue weighted by atomic mass is 16.5. The average molecular weight is 182 g/mol. The topological polar surface area (TPSA) is 66.6 Å². The van der Waals surface area contributed by atoms with Crippen LogP contribution in [0.15, 0.2) is 4.52 Å². The van der Waals surface area contributed by atoms with Gasteiger partial charge in [0.25, 0.3) is 0 Å². The lowest BCUT2D eigenvalue weighted by Crippen LogP contribution is -2.26. The largest absolute Gasteiger partial charge is 0.475 e. The minimum absolute atomic E-state index is 0.00287. The molecule has 2 rings (SSSR count). The van der Waals surface area contributed by atoms with E-state index in [0.29, 0.717) is 13.0 Å². The summed E-state index contributed by atoms with van der Waals surface area (Å²) >= 11 is 0. The molecular formula is C8H10N2O3. The summed E-state index contributed by atoms with van der Waals surface area (Å²) in [5.41, 5.74) is 1.51. The molecule has 13 heavy (non-hydrogen) atoms. The fraction of sp³-hybridized carbons (Fsp3) is 0.500. The first kappa shape index (κ1) is 8.25. The van der Waals surface area contributed by atoms with Crippen LogP contribution in [0.2, 0.25) is 0 Å². The summed E-state index contributed by atoms with van der Waals surface area (Å²) in [6.45, 7) is 1.53. The molecule has 1 N–H and O–H groups in total. The number of aromatic carboxylic acids is 1. The zero-order chi connectivity index (χ0) is 9.42. The molecule has 0 unspecified atom stereocenters. The molecule has 70 valence electrons. The van der Waals surface area contributed by atoms with E-state index in [1.54, 1.807) is 0 Å². The monoisotopic (exact) mass is 182 g/mol. The predicted molar refractivity (Wildman–Crippen MR) is 43.5 cm³/mol. The van der Waals surface area contributed by atoms with Gasteiger partial charge in [-0.3, -0.25) is 0 Å². The number of carboxylic acids is 1. The third-order valence-corrected chi connectivity index (χ3v) is 2.23. The summed E-state index contributed by atoms with van der Waals surface area (Å²) in [4.78, 5) is 12.7. The number of rotatable bonds is 1. The summed E-state index contributed by atoms with van der Waals surface area (Å²) in [6, 6.07) is 0. The second-order valence-electron chi connectivity index (χ2n) is 3.23. The molecule has 0 bridgehead atoms. The minimum Gasteiger partial charge on any atom is -0.475 e. The van der Waals surface area contributed by atoms with E-state index in [1.807, 2.05) is 7.05 Å². The molecule has 1 aromatic rings. The number of nitrogens with zero attached hydrogens (tertiary/aromatic N) is 2. The quantitative estimate of drug-likeness (QED) is 0.679. The Morgan fingerprint density at radius 2 is 2.46 bits per heavy atom. The molecule has 0 spiro atoms. The summed E-state index contributed by atoms with van der Waals surface area (Å²) in [6.07, 6.45) is 0.705. The maximum Gasteiger partial charge on any atom is 0.375 e. The minimum atomic E-state index is -1.03. The van der Waals surface area contributed by atoms with Crippen molar-refractivity contribution in [1.29, 1.82) is 0 Å². The first-order valence-corrected chi connectivity index (χ1v) is 4.07. The standard InChI is InChI=1S/C8H10N2O3/c1-10-3-2-5-6(4-10)9-13-7(5)8(11)12/h2-4H2,1H3,(H,11,12). The smallest absolute Gasteiger partial charge is 0.375 e. The number of carbonyl (C=O) groups is 1. The fourth-order valence-electron chi connectivity index (χ4n) is 1.53. The van der Waals surface area contributed by atoms with Crippen molar-refractivity contribution in [2.45, 2.75) is 13.0 Å². The lowest BCUT2D eigenvalue weighted by molar-refractivity contribution is 0.0650. The van der Waals surface area contributed by atoms with Crippen LogP contribution in [-0.4, -0.2) is 34.7 Å². The van der Waals surface area contributed by atoms with Gasteiger partial charge in [0.1, 0.15) is 5.69 Å². The molecule has 0 atom stereocenters. The highest BCUT2D eigenvalue weighted by Crippen LogP contribution is 2.20. The molecule has 2 heterocycles. The third kappa shape index (κ3) is 1.31. The zero-order valence-electron chi connectivity index (χ0n) is 7.28. The molecule has 1 aliphatic rings. The molecule has 0 aliphatic carbocycles. The predicted octanol–water partition coefficient (Wildman–Crippen LogP) is 0.361. The molecule has 0 radical (unpaired) electrons. The SMILES string of the molecule is CN1CCc2c(noc2C(=O)O)C1. The van der Waals surface area contributed by atoms with Crippen molar-refractivity contribution in [3.63, 3.8) is 0 Å². The van der Waals surface area contributed by atoms with Gasteiger partial charge in [0.2, 0.25) is 5.76 Å². The highest BCUT2D eigenvalue weighted by Gasteiger charge is 2.25. The normalized spacial score (nSPS) is 17.0. The van der Waals surface area contributed by atoms with Crippen LogP contribution >= 0.6 is 0 Å². The molecule has 0 aromatic carbocycles. The molecule has 0 amide bonds. The average Bonchev–Trinajstić information content (AvgIpc) is 2.46. The van der Waals surface area contributed by atoms with Gasteiger partial charge in [-0.1, -0.05) is 5.16 Å². The molecule has 0 fully saturated rings. The third-order valence-electron chi connectivity index (χ3n) is 2.23. The number of likely N-dealkylation sites (N-methyl/N-ethyl adjacent to an activating group) is 1. The molecule has 1 aromatic heterocycles. The van der Waals surface area contributed by atoms with Gasteiger partial charge >= 0.3 is 5.97 Å². The Bertz CT molecular complexity index is 345. The summed E-state index contributed by atoms with van der Waals surface area (Å²) in [5.74, 6) is -1.03. The molecule has 0 saturated carbocycles. The molecule has 5 heteroatoms. The van der Waals surface area contributed by atoms with Crippen LogP contribution in [-0.2, 0) is 13.0 Å². The lowest BCUT2D eigenvalue weighted by atomic mass is 10.1. The van der Waals surface area contributed by atoms with Gasteiger partial charge in [-0.15, -0.1) is 0 Å². The van der Waals surface area contributed by atoms with Crippen LogP contribution in [0.25, 0.3) is 0 Å². The molecule has 5 nitrogen and oxygen atoms in total. The van der Waals surface area contributed by atoms with Crippen LogP contribution in [0.3, 0.4) is 0 Å². The van der Waals surface area contributed by atoms with Crippen molar-refractivity contribution < 1.29 is 14.4 Å². The number of hydrogen-bond donors (Lipinski definition) is 1. The summed E-state index contributed by atoms with van der Waals surface area (Å²) in [7, 11) is 1.97. The van der Waals surface area contributed by atoms with Crippen LogP contribution < -0.4 is 0 Å². The fourth-order valence-corrected chi connectivity index (χ4v) is 1.53.